The molecule has 5 heteroatoms. The van der Waals surface area contributed by atoms with Crippen molar-refractivity contribution in [1.82, 2.24) is 0 Å². The molecular formula is C12H17NO4. The summed E-state index contributed by atoms with van der Waals surface area (Å²) in [6.45, 7) is 4.01. The van der Waals surface area contributed by atoms with Crippen molar-refractivity contribution in [2.45, 2.75) is 20.3 Å². The summed E-state index contributed by atoms with van der Waals surface area (Å²) in [4.78, 5) is 11.3. The summed E-state index contributed by atoms with van der Waals surface area (Å²) < 4.78 is 10.5. The van der Waals surface area contributed by atoms with Gasteiger partial charge in [0.15, 0.2) is 11.5 Å². The largest absolute Gasteiger partial charge is 0.493 e. The Bertz CT molecular complexity index is 392. The fourth-order valence-corrected chi connectivity index (χ4v) is 1.36. The highest BCUT2D eigenvalue weighted by molar-refractivity contribution is 5.91. The van der Waals surface area contributed by atoms with Crippen molar-refractivity contribution in [2.24, 2.45) is 0 Å². The first-order valence-corrected chi connectivity index (χ1v) is 5.46. The van der Waals surface area contributed by atoms with Crippen molar-refractivity contribution in [1.29, 1.82) is 0 Å². The van der Waals surface area contributed by atoms with Crippen LogP contribution in [0.3, 0.4) is 0 Å². The predicted molar refractivity (Wildman–Crippen MR) is 63.7 cm³/mol. The van der Waals surface area contributed by atoms with Crippen LogP contribution in [0.25, 0.3) is 0 Å². The lowest BCUT2D eigenvalue weighted by Gasteiger charge is -2.16. The topological polar surface area (TPSA) is 59.0 Å². The van der Waals surface area contributed by atoms with Crippen LogP contribution in [0, 0.1) is 0 Å². The lowest BCUT2D eigenvalue weighted by atomic mass is 10.2. The first-order valence-electron chi connectivity index (χ1n) is 5.46. The number of carbonyl (C=O) groups excluding carboxylic acids is 1. The summed E-state index contributed by atoms with van der Waals surface area (Å²) in [7, 11) is 1.53. The minimum Gasteiger partial charge on any atom is -0.493 e. The molecule has 1 aromatic carbocycles. The maximum Gasteiger partial charge on any atom is 0.250 e. The molecule has 0 radical (unpaired) electrons. The van der Waals surface area contributed by atoms with E-state index in [9.17, 15) is 10.0 Å². The van der Waals surface area contributed by atoms with Crippen molar-refractivity contribution >= 4 is 11.6 Å². The number of nitrogens with zero attached hydrogens (tertiary/aromatic N) is 1. The van der Waals surface area contributed by atoms with Crippen molar-refractivity contribution in [3.8, 4) is 11.5 Å². The standard InChI is InChI=1S/C12H17NO4/c1-4-12(14)13(15)9-6-7-10(16-3)11(8-9)17-5-2/h6-8,15H,4-5H2,1-3H3. The molecule has 0 aliphatic heterocycles. The average Bonchev–Trinajstić information content (AvgIpc) is 2.37. The predicted octanol–water partition coefficient (Wildman–Crippen LogP) is 2.23. The summed E-state index contributed by atoms with van der Waals surface area (Å²) in [6, 6.07) is 4.80. The van der Waals surface area contributed by atoms with Crippen LogP contribution in [0.4, 0.5) is 5.69 Å². The first-order chi connectivity index (χ1) is 8.13. The molecule has 1 N–H and O–H groups in total. The second-order valence-corrected chi connectivity index (χ2v) is 3.33. The number of hydroxylamine groups is 1. The van der Waals surface area contributed by atoms with Gasteiger partial charge in [-0.1, -0.05) is 6.92 Å². The number of anilines is 1. The van der Waals surface area contributed by atoms with Gasteiger partial charge in [-0.05, 0) is 19.1 Å². The number of methoxy groups -OCH3 is 1. The van der Waals surface area contributed by atoms with Crippen molar-refractivity contribution in [3.63, 3.8) is 0 Å². The van der Waals surface area contributed by atoms with E-state index in [4.69, 9.17) is 9.47 Å². The molecule has 5 nitrogen and oxygen atoms in total. The van der Waals surface area contributed by atoms with Gasteiger partial charge in [-0.3, -0.25) is 10.0 Å². The summed E-state index contributed by atoms with van der Waals surface area (Å²) in [5.74, 6) is 0.681. The molecule has 0 aliphatic rings. The molecule has 0 unspecified atom stereocenters. The molecular weight excluding hydrogens is 222 g/mol. The second-order valence-electron chi connectivity index (χ2n) is 3.33. The van der Waals surface area contributed by atoms with Crippen LogP contribution in [-0.4, -0.2) is 24.8 Å². The van der Waals surface area contributed by atoms with Gasteiger partial charge in [-0.2, -0.15) is 5.06 Å². The van der Waals surface area contributed by atoms with Crippen molar-refractivity contribution < 1.29 is 19.5 Å². The van der Waals surface area contributed by atoms with Crippen molar-refractivity contribution in [2.75, 3.05) is 18.8 Å². The molecule has 1 rings (SSSR count). The third kappa shape index (κ3) is 3.10. The van der Waals surface area contributed by atoms with E-state index < -0.39 is 0 Å². The molecule has 0 bridgehead atoms. The molecule has 0 heterocycles. The van der Waals surface area contributed by atoms with Crippen LogP contribution in [0.2, 0.25) is 0 Å². The molecule has 94 valence electrons. The molecule has 17 heavy (non-hydrogen) atoms. The molecule has 0 spiro atoms. The highest BCUT2D eigenvalue weighted by atomic mass is 16.5. The second kappa shape index (κ2) is 6.10. The Morgan fingerprint density at radius 2 is 2.06 bits per heavy atom. The first kappa shape index (κ1) is 13.3. The highest BCUT2D eigenvalue weighted by Crippen LogP contribution is 2.31. The minimum absolute atomic E-state index is 0.229. The summed E-state index contributed by atoms with van der Waals surface area (Å²) >= 11 is 0. The van der Waals surface area contributed by atoms with Crippen LogP contribution >= 0.6 is 0 Å². The van der Waals surface area contributed by atoms with E-state index in [0.29, 0.717) is 28.9 Å². The van der Waals surface area contributed by atoms with E-state index in [1.807, 2.05) is 6.92 Å². The maximum atomic E-state index is 11.3. The summed E-state index contributed by atoms with van der Waals surface area (Å²) in [6.07, 6.45) is 0.229. The van der Waals surface area contributed by atoms with Gasteiger partial charge in [0.05, 0.1) is 19.4 Å². The highest BCUT2D eigenvalue weighted by Gasteiger charge is 2.14. The molecule has 1 amide bonds. The van der Waals surface area contributed by atoms with E-state index in [-0.39, 0.29) is 12.3 Å². The fraction of sp³-hybridized carbons (Fsp3) is 0.417. The minimum atomic E-state index is -0.377. The number of ether oxygens (including phenoxy) is 2. The van der Waals surface area contributed by atoms with E-state index in [1.54, 1.807) is 25.1 Å². The molecule has 0 saturated carbocycles. The van der Waals surface area contributed by atoms with Gasteiger partial charge in [0.2, 0.25) is 5.91 Å². The Morgan fingerprint density at radius 3 is 2.59 bits per heavy atom. The van der Waals surface area contributed by atoms with E-state index in [0.717, 1.165) is 0 Å². The number of hydrogen-bond donors (Lipinski definition) is 1. The van der Waals surface area contributed by atoms with Gasteiger partial charge in [-0.25, -0.2) is 0 Å². The van der Waals surface area contributed by atoms with Gasteiger partial charge in [-0.15, -0.1) is 0 Å². The van der Waals surface area contributed by atoms with Crippen LogP contribution in [0.5, 0.6) is 11.5 Å². The summed E-state index contributed by atoms with van der Waals surface area (Å²) in [5.41, 5.74) is 0.362. The maximum absolute atomic E-state index is 11.3. The SMILES string of the molecule is CCOc1cc(N(O)C(=O)CC)ccc1OC. The number of hydrogen-bond acceptors (Lipinski definition) is 4. The van der Waals surface area contributed by atoms with E-state index in [1.165, 1.54) is 7.11 Å². The number of rotatable bonds is 5. The van der Waals surface area contributed by atoms with E-state index in [2.05, 4.69) is 0 Å². The zero-order chi connectivity index (χ0) is 12.8. The quantitative estimate of drug-likeness (QED) is 0.632. The van der Waals surface area contributed by atoms with Crippen LogP contribution in [0.15, 0.2) is 18.2 Å². The zero-order valence-corrected chi connectivity index (χ0v) is 10.3. The Kier molecular flexibility index (Phi) is 4.78. The Hall–Kier alpha value is -1.75. The lowest BCUT2D eigenvalue weighted by molar-refractivity contribution is -0.123. The van der Waals surface area contributed by atoms with E-state index >= 15 is 0 Å². The summed E-state index contributed by atoms with van der Waals surface area (Å²) in [5, 5.41) is 10.2. The molecule has 0 aromatic heterocycles. The number of carbonyl (C=O) groups is 1. The third-order valence-electron chi connectivity index (χ3n) is 2.23. The fourth-order valence-electron chi connectivity index (χ4n) is 1.36. The molecule has 1 aromatic rings. The van der Waals surface area contributed by atoms with Crippen LogP contribution in [0.1, 0.15) is 20.3 Å². The van der Waals surface area contributed by atoms with Gasteiger partial charge in [0, 0.05) is 12.5 Å². The smallest absolute Gasteiger partial charge is 0.250 e. The lowest BCUT2D eigenvalue weighted by Crippen LogP contribution is -2.25. The Balaban J connectivity index is 3.02. The average molecular weight is 239 g/mol. The number of amides is 1. The monoisotopic (exact) mass is 239 g/mol. The van der Waals surface area contributed by atoms with Gasteiger partial charge < -0.3 is 9.47 Å². The number of benzene rings is 1. The normalized spacial score (nSPS) is 9.88. The molecule has 0 aliphatic carbocycles. The zero-order valence-electron chi connectivity index (χ0n) is 10.3. The van der Waals surface area contributed by atoms with Crippen LogP contribution < -0.4 is 14.5 Å². The Morgan fingerprint density at radius 1 is 1.35 bits per heavy atom. The molecule has 0 fully saturated rings. The van der Waals surface area contributed by atoms with Gasteiger partial charge >= 0.3 is 0 Å². The van der Waals surface area contributed by atoms with Gasteiger partial charge in [0.25, 0.3) is 0 Å². The molecule has 0 saturated heterocycles. The van der Waals surface area contributed by atoms with Gasteiger partial charge in [0.1, 0.15) is 0 Å². The molecule has 0 atom stereocenters. The third-order valence-corrected chi connectivity index (χ3v) is 2.23. The Labute approximate surface area is 101 Å². The van der Waals surface area contributed by atoms with Crippen molar-refractivity contribution in [3.05, 3.63) is 18.2 Å². The van der Waals surface area contributed by atoms with Crippen LogP contribution in [-0.2, 0) is 4.79 Å².